The molecule has 0 radical (unpaired) electrons. The molecule has 14 nitrogen and oxygen atoms in total. The number of quaternary nitrogens is 1. The number of rotatable bonds is 7. The molecule has 0 aliphatic carbocycles. The summed E-state index contributed by atoms with van der Waals surface area (Å²) in [5.74, 6) is -0.571. The smallest absolute Gasteiger partial charge is 0.485 e. The zero-order valence-corrected chi connectivity index (χ0v) is 23.1. The van der Waals surface area contributed by atoms with Gasteiger partial charge in [-0.25, -0.2) is 22.4 Å². The second-order valence-corrected chi connectivity index (χ2v) is 10.6. The number of amides is 1. The molecule has 0 bridgehead atoms. The number of esters is 1. The molecule has 19 heteroatoms. The third-order valence-electron chi connectivity index (χ3n) is 5.75. The Labute approximate surface area is 236 Å². The summed E-state index contributed by atoms with van der Waals surface area (Å²) in [4.78, 5) is 31.2. The summed E-state index contributed by atoms with van der Waals surface area (Å²) in [6.07, 6.45) is 0.237. The van der Waals surface area contributed by atoms with Gasteiger partial charge in [0, 0.05) is 23.2 Å². The normalized spacial score (nSPS) is 16.1. The highest BCUT2D eigenvalue weighted by Gasteiger charge is 2.37. The lowest BCUT2D eigenvalue weighted by molar-refractivity contribution is -0.418. The standard InChI is InChI=1S/C22H24FN7O4.CHF3O3S/c1-12(2)19(24)21(31)33-11-15-10-30(22(32)34-15)14-5-6-16(17(23)8-14)13-4-7-18(25-9-13)20-26-28-29(3)27-20;2-1(3,4)8(5,6)7/h4-9,12,15,19H,10-11,24H2,1-3H3;(H,5,6,7)/t15-,19+;/m1./s1. The van der Waals surface area contributed by atoms with E-state index in [1.165, 1.54) is 22.0 Å². The van der Waals surface area contributed by atoms with Crippen molar-refractivity contribution in [2.24, 2.45) is 13.0 Å². The van der Waals surface area contributed by atoms with Crippen LogP contribution < -0.4 is 10.6 Å². The molecular weight excluding hydrogens is 594 g/mol. The molecular formula is C23H25F4N7O7S. The Morgan fingerprint density at radius 3 is 2.43 bits per heavy atom. The lowest BCUT2D eigenvalue weighted by Gasteiger charge is -2.15. The van der Waals surface area contributed by atoms with Crippen LogP contribution in [0.3, 0.4) is 0 Å². The molecule has 2 aromatic heterocycles. The molecule has 0 saturated carbocycles. The van der Waals surface area contributed by atoms with Crippen molar-refractivity contribution < 1.29 is 55.3 Å². The van der Waals surface area contributed by atoms with Crippen molar-refractivity contribution >= 4 is 27.9 Å². The van der Waals surface area contributed by atoms with Crippen LogP contribution in [0, 0.1) is 11.7 Å². The fourth-order valence-electron chi connectivity index (χ4n) is 3.35. The number of ether oxygens (including phenoxy) is 2. The van der Waals surface area contributed by atoms with Gasteiger partial charge in [-0.1, -0.05) is 19.9 Å². The molecule has 1 aromatic carbocycles. The van der Waals surface area contributed by atoms with Gasteiger partial charge in [-0.3, -0.25) is 9.88 Å². The molecule has 0 spiro atoms. The first-order valence-corrected chi connectivity index (χ1v) is 13.4. The summed E-state index contributed by atoms with van der Waals surface area (Å²) < 4.78 is 84.3. The van der Waals surface area contributed by atoms with E-state index in [4.69, 9.17) is 22.4 Å². The van der Waals surface area contributed by atoms with Crippen LogP contribution in [0.5, 0.6) is 0 Å². The number of hydrogen-bond acceptors (Lipinski definition) is 11. The largest absolute Gasteiger partial charge is 0.741 e. The summed E-state index contributed by atoms with van der Waals surface area (Å²) in [5.41, 5.74) is -0.143. The van der Waals surface area contributed by atoms with Gasteiger partial charge in [0.15, 0.2) is 22.3 Å². The molecule has 3 heterocycles. The van der Waals surface area contributed by atoms with E-state index < -0.39 is 45.7 Å². The molecule has 1 fully saturated rings. The van der Waals surface area contributed by atoms with E-state index in [-0.39, 0.29) is 19.1 Å². The summed E-state index contributed by atoms with van der Waals surface area (Å²) in [6, 6.07) is 7.33. The molecule has 4 rings (SSSR count). The van der Waals surface area contributed by atoms with E-state index in [0.717, 1.165) is 0 Å². The molecule has 3 N–H and O–H groups in total. The van der Waals surface area contributed by atoms with E-state index in [9.17, 15) is 27.2 Å². The fraction of sp³-hybridized carbons (Fsp3) is 0.391. The number of cyclic esters (lactones) is 1. The minimum Gasteiger partial charge on any atom is -0.741 e. The number of anilines is 1. The van der Waals surface area contributed by atoms with E-state index in [0.29, 0.717) is 28.3 Å². The Kier molecular flexibility index (Phi) is 9.79. The van der Waals surface area contributed by atoms with Crippen molar-refractivity contribution in [3.05, 3.63) is 42.3 Å². The number of aryl methyl sites for hydroxylation is 1. The minimum atomic E-state index is -6.09. The number of hydrogen-bond donors (Lipinski definition) is 1. The van der Waals surface area contributed by atoms with Crippen molar-refractivity contribution in [3.63, 3.8) is 0 Å². The minimum absolute atomic E-state index is 0.0340. The SMILES string of the molecule is CC(C)[C@H]([NH3+])C(=O)OC[C@H]1CN(c2ccc(-c3ccc(-c4nnn(C)n4)nc3)c(F)c2)C(=O)O1.O=S(=O)([O-])C(F)(F)F. The highest BCUT2D eigenvalue weighted by molar-refractivity contribution is 7.86. The van der Waals surface area contributed by atoms with Gasteiger partial charge in [0.1, 0.15) is 18.1 Å². The predicted molar refractivity (Wildman–Crippen MR) is 133 cm³/mol. The number of pyridine rings is 1. The van der Waals surface area contributed by atoms with Crippen molar-refractivity contribution in [1.29, 1.82) is 0 Å². The zero-order chi connectivity index (χ0) is 31.4. The van der Waals surface area contributed by atoms with Crippen LogP contribution >= 0.6 is 0 Å². The van der Waals surface area contributed by atoms with Gasteiger partial charge in [-0.2, -0.15) is 18.0 Å². The first-order valence-electron chi connectivity index (χ1n) is 12.0. The molecule has 1 aliphatic heterocycles. The number of benzene rings is 1. The number of carbonyl (C=O) groups excluding carboxylic acids is 2. The number of aromatic nitrogens is 5. The van der Waals surface area contributed by atoms with Crippen LogP contribution in [0.4, 0.5) is 28.0 Å². The number of tetrazole rings is 1. The highest BCUT2D eigenvalue weighted by atomic mass is 32.2. The molecule has 1 amide bonds. The quantitative estimate of drug-likeness (QED) is 0.173. The summed E-state index contributed by atoms with van der Waals surface area (Å²) >= 11 is 0. The van der Waals surface area contributed by atoms with Crippen molar-refractivity contribution in [3.8, 4) is 22.6 Å². The summed E-state index contributed by atoms with van der Waals surface area (Å²) in [6.45, 7) is 3.79. The first kappa shape index (κ1) is 32.3. The Bertz CT molecular complexity index is 1530. The second kappa shape index (κ2) is 12.7. The van der Waals surface area contributed by atoms with Crippen molar-refractivity contribution in [1.82, 2.24) is 25.2 Å². The number of alkyl halides is 3. The van der Waals surface area contributed by atoms with Gasteiger partial charge in [0.05, 0.1) is 19.3 Å². The van der Waals surface area contributed by atoms with Crippen LogP contribution in [0.15, 0.2) is 36.5 Å². The van der Waals surface area contributed by atoms with Crippen molar-refractivity contribution in [2.45, 2.75) is 31.5 Å². The average Bonchev–Trinajstić information content (AvgIpc) is 3.51. The summed E-state index contributed by atoms with van der Waals surface area (Å²) in [7, 11) is -4.44. The summed E-state index contributed by atoms with van der Waals surface area (Å²) in [5, 5.41) is 11.8. The van der Waals surface area contributed by atoms with Gasteiger partial charge in [-0.05, 0) is 29.5 Å². The van der Waals surface area contributed by atoms with Crippen LogP contribution in [0.1, 0.15) is 13.8 Å². The molecule has 0 unspecified atom stereocenters. The molecule has 1 aliphatic rings. The number of carbonyl (C=O) groups is 2. The van der Waals surface area contributed by atoms with Gasteiger partial charge >= 0.3 is 17.6 Å². The Morgan fingerprint density at radius 1 is 1.26 bits per heavy atom. The maximum absolute atomic E-state index is 14.9. The Hall–Kier alpha value is -4.23. The first-order chi connectivity index (χ1) is 19.5. The van der Waals surface area contributed by atoms with Crippen molar-refractivity contribution in [2.75, 3.05) is 18.1 Å². The zero-order valence-electron chi connectivity index (χ0n) is 22.3. The lowest BCUT2D eigenvalue weighted by Crippen LogP contribution is -2.67. The van der Waals surface area contributed by atoms with Gasteiger partial charge < -0.3 is 19.8 Å². The average molecular weight is 620 g/mol. The molecule has 42 heavy (non-hydrogen) atoms. The Balaban J connectivity index is 0.000000531. The number of nitrogens with zero attached hydrogens (tertiary/aromatic N) is 6. The molecule has 1 saturated heterocycles. The third kappa shape index (κ3) is 7.95. The highest BCUT2D eigenvalue weighted by Crippen LogP contribution is 2.29. The predicted octanol–water partition coefficient (Wildman–Crippen LogP) is 1.26. The molecule has 228 valence electrons. The van der Waals surface area contributed by atoms with E-state index >= 15 is 0 Å². The van der Waals surface area contributed by atoms with Crippen LogP contribution in [-0.2, 0) is 31.4 Å². The second-order valence-electron chi connectivity index (χ2n) is 9.20. The van der Waals surface area contributed by atoms with Gasteiger partial charge in [-0.15, -0.1) is 10.2 Å². The van der Waals surface area contributed by atoms with Gasteiger partial charge in [0.2, 0.25) is 5.82 Å². The number of halogens is 4. The van der Waals surface area contributed by atoms with E-state index in [1.54, 1.807) is 31.3 Å². The van der Waals surface area contributed by atoms with E-state index in [1.807, 2.05) is 13.8 Å². The van der Waals surface area contributed by atoms with Crippen LogP contribution in [0.2, 0.25) is 0 Å². The molecule has 2 atom stereocenters. The van der Waals surface area contributed by atoms with Crippen LogP contribution in [0.25, 0.3) is 22.6 Å². The van der Waals surface area contributed by atoms with Crippen LogP contribution in [-0.4, -0.2) is 81.0 Å². The van der Waals surface area contributed by atoms with E-state index in [2.05, 4.69) is 26.1 Å². The van der Waals surface area contributed by atoms with Gasteiger partial charge in [0.25, 0.3) is 0 Å². The Morgan fingerprint density at radius 2 is 1.93 bits per heavy atom. The maximum Gasteiger partial charge on any atom is 0.485 e. The fourth-order valence-corrected chi connectivity index (χ4v) is 3.35. The third-order valence-corrected chi connectivity index (χ3v) is 6.32. The lowest BCUT2D eigenvalue weighted by atomic mass is 10.1. The topological polar surface area (TPSA) is 197 Å². The maximum atomic E-state index is 14.9. The molecule has 3 aromatic rings. The monoisotopic (exact) mass is 619 g/mol.